The van der Waals surface area contributed by atoms with Crippen LogP contribution in [0.4, 0.5) is 5.69 Å². The van der Waals surface area contributed by atoms with Gasteiger partial charge in [0.1, 0.15) is 6.54 Å². The number of anilines is 1. The Kier molecular flexibility index (Phi) is 6.08. The molecular formula is C23H19BrN4O3. The van der Waals surface area contributed by atoms with Crippen LogP contribution in [0.25, 0.3) is 22.8 Å². The minimum absolute atomic E-state index is 0.129. The molecule has 31 heavy (non-hydrogen) atoms. The Hall–Kier alpha value is -3.52. The highest BCUT2D eigenvalue weighted by Crippen LogP contribution is 2.23. The molecule has 0 aliphatic carbocycles. The molecule has 1 N–H and O–H groups in total. The van der Waals surface area contributed by atoms with Crippen molar-refractivity contribution in [2.24, 2.45) is 0 Å². The predicted molar refractivity (Wildman–Crippen MR) is 122 cm³/mol. The molecule has 0 unspecified atom stereocenters. The molecule has 0 bridgehead atoms. The zero-order valence-electron chi connectivity index (χ0n) is 16.7. The van der Waals surface area contributed by atoms with E-state index in [0.29, 0.717) is 17.1 Å². The highest BCUT2D eigenvalue weighted by atomic mass is 79.9. The number of aryl methyl sites for hydroxylation is 1. The van der Waals surface area contributed by atoms with Crippen molar-refractivity contribution in [2.45, 2.75) is 19.9 Å². The Morgan fingerprint density at radius 3 is 2.45 bits per heavy atom. The number of hydrogen-bond acceptors (Lipinski definition) is 5. The largest absolute Gasteiger partial charge is 0.334 e. The summed E-state index contributed by atoms with van der Waals surface area (Å²) in [5.41, 5.74) is 2.93. The molecule has 156 valence electrons. The van der Waals surface area contributed by atoms with Gasteiger partial charge in [0.2, 0.25) is 11.7 Å². The van der Waals surface area contributed by atoms with E-state index in [0.717, 1.165) is 16.5 Å². The first-order chi connectivity index (χ1) is 15.0. The number of nitrogens with one attached hydrogen (secondary N) is 1. The number of aromatic nitrogens is 3. The second kappa shape index (κ2) is 9.09. The molecule has 0 aliphatic rings. The smallest absolute Gasteiger partial charge is 0.259 e. The van der Waals surface area contributed by atoms with Crippen molar-refractivity contribution in [1.82, 2.24) is 14.7 Å². The molecule has 2 aromatic carbocycles. The lowest BCUT2D eigenvalue weighted by Crippen LogP contribution is -2.26. The van der Waals surface area contributed by atoms with E-state index < -0.39 is 0 Å². The van der Waals surface area contributed by atoms with Gasteiger partial charge >= 0.3 is 0 Å². The lowest BCUT2D eigenvalue weighted by Gasteiger charge is -2.08. The van der Waals surface area contributed by atoms with E-state index >= 15 is 0 Å². The summed E-state index contributed by atoms with van der Waals surface area (Å²) in [5, 5.41) is 6.81. The lowest BCUT2D eigenvalue weighted by molar-refractivity contribution is -0.116. The molecule has 1 amide bonds. The maximum Gasteiger partial charge on any atom is 0.259 e. The summed E-state index contributed by atoms with van der Waals surface area (Å²) in [7, 11) is 0. The van der Waals surface area contributed by atoms with E-state index in [4.69, 9.17) is 4.52 Å². The van der Waals surface area contributed by atoms with Gasteiger partial charge in [0.25, 0.3) is 11.4 Å². The van der Waals surface area contributed by atoms with E-state index in [1.54, 1.807) is 12.3 Å². The van der Waals surface area contributed by atoms with Crippen molar-refractivity contribution in [3.8, 4) is 22.8 Å². The molecule has 2 heterocycles. The Morgan fingerprint density at radius 2 is 1.74 bits per heavy atom. The first kappa shape index (κ1) is 20.7. The van der Waals surface area contributed by atoms with Crippen LogP contribution in [0.3, 0.4) is 0 Å². The predicted octanol–water partition coefficient (Wildman–Crippen LogP) is 4.53. The quantitative estimate of drug-likeness (QED) is 0.439. The second-order valence-corrected chi connectivity index (χ2v) is 7.83. The van der Waals surface area contributed by atoms with Gasteiger partial charge in [0.15, 0.2) is 0 Å². The molecule has 0 fully saturated rings. The molecule has 0 aliphatic heterocycles. The SMILES string of the molecule is CCc1ccc(NC(=O)Cn2cc(-c3nc(-c4ccc(Br)cc4)no3)ccc2=O)cc1. The van der Waals surface area contributed by atoms with Crippen LogP contribution in [0.1, 0.15) is 12.5 Å². The van der Waals surface area contributed by atoms with Crippen LogP contribution in [-0.4, -0.2) is 20.6 Å². The third-order valence-corrected chi connectivity index (χ3v) is 5.25. The number of rotatable bonds is 6. The number of carbonyl (C=O) groups excluding carboxylic acids is 1. The van der Waals surface area contributed by atoms with Crippen molar-refractivity contribution in [1.29, 1.82) is 0 Å². The van der Waals surface area contributed by atoms with Crippen LogP contribution in [0, 0.1) is 0 Å². The van der Waals surface area contributed by atoms with Crippen molar-refractivity contribution >= 4 is 27.5 Å². The van der Waals surface area contributed by atoms with E-state index in [9.17, 15) is 9.59 Å². The first-order valence-corrected chi connectivity index (χ1v) is 10.5. The van der Waals surface area contributed by atoms with Crippen molar-refractivity contribution < 1.29 is 9.32 Å². The van der Waals surface area contributed by atoms with Crippen molar-refractivity contribution in [2.75, 3.05) is 5.32 Å². The maximum atomic E-state index is 12.4. The maximum absolute atomic E-state index is 12.4. The second-order valence-electron chi connectivity index (χ2n) is 6.91. The van der Waals surface area contributed by atoms with E-state index in [2.05, 4.69) is 38.3 Å². The summed E-state index contributed by atoms with van der Waals surface area (Å²) in [4.78, 5) is 29.1. The molecule has 0 saturated carbocycles. The number of halogens is 1. The van der Waals surface area contributed by atoms with Crippen LogP contribution >= 0.6 is 15.9 Å². The van der Waals surface area contributed by atoms with Gasteiger partial charge in [0.05, 0.1) is 5.56 Å². The van der Waals surface area contributed by atoms with Gasteiger partial charge in [-0.25, -0.2) is 0 Å². The van der Waals surface area contributed by atoms with Gasteiger partial charge < -0.3 is 14.4 Å². The van der Waals surface area contributed by atoms with Gasteiger partial charge in [-0.2, -0.15) is 4.98 Å². The third-order valence-electron chi connectivity index (χ3n) is 4.72. The van der Waals surface area contributed by atoms with Crippen LogP contribution in [-0.2, 0) is 17.8 Å². The average Bonchev–Trinajstić information content (AvgIpc) is 3.26. The zero-order chi connectivity index (χ0) is 21.8. The summed E-state index contributed by atoms with van der Waals surface area (Å²) >= 11 is 3.39. The van der Waals surface area contributed by atoms with E-state index in [-0.39, 0.29) is 23.9 Å². The minimum atomic E-state index is -0.301. The number of hydrogen-bond donors (Lipinski definition) is 1. The molecule has 0 spiro atoms. The number of benzene rings is 2. The number of amides is 1. The number of pyridine rings is 1. The molecule has 2 aromatic heterocycles. The Bertz CT molecular complexity index is 1260. The summed E-state index contributed by atoms with van der Waals surface area (Å²) in [6.07, 6.45) is 2.47. The van der Waals surface area contributed by atoms with Gasteiger partial charge in [0, 0.05) is 28.0 Å². The minimum Gasteiger partial charge on any atom is -0.334 e. The highest BCUT2D eigenvalue weighted by Gasteiger charge is 2.13. The summed E-state index contributed by atoms with van der Waals surface area (Å²) in [6, 6.07) is 18.1. The van der Waals surface area contributed by atoms with Crippen molar-refractivity contribution in [3.63, 3.8) is 0 Å². The fourth-order valence-corrected chi connectivity index (χ4v) is 3.28. The molecule has 7 nitrogen and oxygen atoms in total. The molecule has 0 radical (unpaired) electrons. The summed E-state index contributed by atoms with van der Waals surface area (Å²) in [6.45, 7) is 1.94. The fourth-order valence-electron chi connectivity index (χ4n) is 3.02. The molecular weight excluding hydrogens is 460 g/mol. The molecule has 4 aromatic rings. The molecule has 8 heteroatoms. The van der Waals surface area contributed by atoms with Crippen LogP contribution < -0.4 is 10.9 Å². The highest BCUT2D eigenvalue weighted by molar-refractivity contribution is 9.10. The topological polar surface area (TPSA) is 90.0 Å². The first-order valence-electron chi connectivity index (χ1n) is 9.71. The van der Waals surface area contributed by atoms with Crippen LogP contribution in [0.15, 0.2) is 80.7 Å². The van der Waals surface area contributed by atoms with Gasteiger partial charge in [-0.1, -0.05) is 40.1 Å². The molecule has 0 atom stereocenters. The van der Waals surface area contributed by atoms with Crippen molar-refractivity contribution in [3.05, 3.63) is 87.3 Å². The van der Waals surface area contributed by atoms with E-state index in [1.807, 2.05) is 48.5 Å². The van der Waals surface area contributed by atoms with E-state index in [1.165, 1.54) is 16.2 Å². The standard InChI is InChI=1S/C23H19BrN4O3/c1-2-15-3-10-19(11-4-15)25-20(29)14-28-13-17(7-12-21(28)30)23-26-22(27-31-23)16-5-8-18(24)9-6-16/h3-13H,2,14H2,1H3,(H,25,29). The average molecular weight is 479 g/mol. The molecule has 4 rings (SSSR count). The Morgan fingerprint density at radius 1 is 1.03 bits per heavy atom. The lowest BCUT2D eigenvalue weighted by atomic mass is 10.1. The Balaban J connectivity index is 1.51. The van der Waals surface area contributed by atoms with Gasteiger partial charge in [-0.05, 0) is 54.4 Å². The number of nitrogens with zero attached hydrogens (tertiary/aromatic N) is 3. The Labute approximate surface area is 186 Å². The summed E-state index contributed by atoms with van der Waals surface area (Å²) in [5.74, 6) is 0.403. The number of carbonyl (C=O) groups is 1. The van der Waals surface area contributed by atoms with Gasteiger partial charge in [-0.3, -0.25) is 9.59 Å². The zero-order valence-corrected chi connectivity index (χ0v) is 18.3. The fraction of sp³-hybridized carbons (Fsp3) is 0.130. The van der Waals surface area contributed by atoms with Crippen LogP contribution in [0.2, 0.25) is 0 Å². The summed E-state index contributed by atoms with van der Waals surface area (Å²) < 4.78 is 7.63. The third kappa shape index (κ3) is 4.97. The van der Waals surface area contributed by atoms with Crippen LogP contribution in [0.5, 0.6) is 0 Å². The van der Waals surface area contributed by atoms with Gasteiger partial charge in [-0.15, -0.1) is 0 Å². The monoisotopic (exact) mass is 478 g/mol. The molecule has 0 saturated heterocycles. The normalized spacial score (nSPS) is 10.8.